The van der Waals surface area contributed by atoms with Crippen molar-refractivity contribution < 1.29 is 27.0 Å². The van der Waals surface area contributed by atoms with Crippen LogP contribution in [0.3, 0.4) is 0 Å². The second-order valence-corrected chi connectivity index (χ2v) is 12.3. The summed E-state index contributed by atoms with van der Waals surface area (Å²) < 4.78 is 65.9. The van der Waals surface area contributed by atoms with E-state index >= 15 is 0 Å². The molecule has 1 fully saturated rings. The van der Waals surface area contributed by atoms with Crippen molar-refractivity contribution in [1.29, 1.82) is 0 Å². The molecule has 0 spiro atoms. The van der Waals surface area contributed by atoms with Gasteiger partial charge in [0.25, 0.3) is 0 Å². The van der Waals surface area contributed by atoms with E-state index in [0.29, 0.717) is 29.7 Å². The molecule has 2 heterocycles. The number of benzene rings is 2. The fourth-order valence-electron chi connectivity index (χ4n) is 3.39. The summed E-state index contributed by atoms with van der Waals surface area (Å²) in [6.07, 6.45) is 0. The Morgan fingerprint density at radius 1 is 0.871 bits per heavy atom. The summed E-state index contributed by atoms with van der Waals surface area (Å²) in [6, 6.07) is 7.24. The summed E-state index contributed by atoms with van der Waals surface area (Å²) in [4.78, 5) is -0.0294. The lowest BCUT2D eigenvalue weighted by molar-refractivity contribution is 0.171. The molecule has 168 valence electrons. The molecule has 0 saturated carbocycles. The average Bonchev–Trinajstić information content (AvgIpc) is 2.72. The van der Waals surface area contributed by atoms with Gasteiger partial charge in [-0.15, -0.1) is 8.61 Å². The molecule has 0 bridgehead atoms. The van der Waals surface area contributed by atoms with Gasteiger partial charge in [-0.3, -0.25) is 0 Å². The topological polar surface area (TPSA) is 105 Å². The van der Waals surface area contributed by atoms with Gasteiger partial charge in [-0.25, -0.2) is 0 Å². The van der Waals surface area contributed by atoms with Crippen molar-refractivity contribution in [2.75, 3.05) is 39.4 Å². The van der Waals surface area contributed by atoms with E-state index in [-0.39, 0.29) is 45.5 Å². The highest BCUT2D eigenvalue weighted by molar-refractivity contribution is 9.10. The zero-order valence-corrected chi connectivity index (χ0v) is 20.7. The minimum absolute atomic E-state index is 0.00116. The SMILES string of the molecule is O=[S+]([O-])(c1ccc2c(c1)OCCO2)N1CCN([S+](=O)([O-])c2c(Cl)cc(Cl)cc2Br)CC1. The average molecular weight is 572 g/mol. The molecule has 2 atom stereocenters. The van der Waals surface area contributed by atoms with Crippen LogP contribution < -0.4 is 9.47 Å². The van der Waals surface area contributed by atoms with Crippen LogP contribution in [0.4, 0.5) is 0 Å². The molecule has 13 heteroatoms. The predicted molar refractivity (Wildman–Crippen MR) is 119 cm³/mol. The summed E-state index contributed by atoms with van der Waals surface area (Å²) in [5, 5.41) is 0.289. The van der Waals surface area contributed by atoms with Gasteiger partial charge in [-0.2, -0.15) is 0 Å². The van der Waals surface area contributed by atoms with E-state index in [0.717, 1.165) is 0 Å². The summed E-state index contributed by atoms with van der Waals surface area (Å²) in [7, 11) is -7.78. The van der Waals surface area contributed by atoms with E-state index in [1.165, 1.54) is 32.9 Å². The number of halogens is 3. The number of ether oxygens (including phenoxy) is 2. The number of nitrogens with zero attached hydrogens (tertiary/aromatic N) is 2. The van der Waals surface area contributed by atoms with Crippen molar-refractivity contribution in [2.45, 2.75) is 9.79 Å². The maximum absolute atomic E-state index is 13.1. The second-order valence-electron chi connectivity index (χ2n) is 6.81. The van der Waals surface area contributed by atoms with E-state index in [1.54, 1.807) is 6.07 Å². The van der Waals surface area contributed by atoms with E-state index < -0.39 is 20.8 Å². The number of rotatable bonds is 4. The molecule has 2 aromatic carbocycles. The fourth-order valence-corrected chi connectivity index (χ4v) is 8.44. The Labute approximate surface area is 200 Å². The van der Waals surface area contributed by atoms with Gasteiger partial charge < -0.3 is 18.6 Å². The van der Waals surface area contributed by atoms with Crippen molar-refractivity contribution >= 4 is 59.9 Å². The Kier molecular flexibility index (Phi) is 6.70. The van der Waals surface area contributed by atoms with Gasteiger partial charge in [-0.1, -0.05) is 31.6 Å². The summed E-state index contributed by atoms with van der Waals surface area (Å²) in [6.45, 7) is 0.714. The van der Waals surface area contributed by atoms with Crippen molar-refractivity contribution in [1.82, 2.24) is 8.61 Å². The minimum atomic E-state index is -3.95. The molecule has 0 radical (unpaired) electrons. The second kappa shape index (κ2) is 8.88. The first kappa shape index (κ1) is 23.4. The van der Waals surface area contributed by atoms with Crippen LogP contribution in [0.5, 0.6) is 11.5 Å². The van der Waals surface area contributed by atoms with Crippen LogP contribution in [0.25, 0.3) is 0 Å². The Hall–Kier alpha value is -0.760. The smallest absolute Gasteiger partial charge is 0.208 e. The number of fused-ring (bicyclic) bond motifs is 1. The van der Waals surface area contributed by atoms with Crippen LogP contribution in [-0.2, 0) is 29.2 Å². The van der Waals surface area contributed by atoms with Gasteiger partial charge in [0.1, 0.15) is 13.2 Å². The van der Waals surface area contributed by atoms with E-state index in [1.807, 2.05) is 0 Å². The molecular weight excluding hydrogens is 555 g/mol. The first-order valence-corrected chi connectivity index (χ1v) is 13.6. The molecule has 0 aliphatic carbocycles. The van der Waals surface area contributed by atoms with Gasteiger partial charge in [0.05, 0.1) is 35.7 Å². The highest BCUT2D eigenvalue weighted by Gasteiger charge is 2.41. The molecule has 2 aromatic rings. The van der Waals surface area contributed by atoms with Crippen LogP contribution in [0.1, 0.15) is 0 Å². The third kappa shape index (κ3) is 4.53. The Balaban J connectivity index is 1.52. The van der Waals surface area contributed by atoms with Crippen LogP contribution >= 0.6 is 39.1 Å². The standard InChI is InChI=1S/C18H17BrCl2N2O6S2/c19-14-9-12(20)10-15(21)18(14)31(26,27)23-5-3-22(4-6-23)30(24,25)13-1-2-16-17(11-13)29-8-7-28-16/h1-2,9-11H,3-8H2. The summed E-state index contributed by atoms with van der Waals surface area (Å²) in [5.74, 6) is 0.863. The Bertz CT molecular complexity index is 1090. The first-order chi connectivity index (χ1) is 14.6. The van der Waals surface area contributed by atoms with Crippen LogP contribution in [0, 0.1) is 0 Å². The van der Waals surface area contributed by atoms with Gasteiger partial charge in [0, 0.05) is 11.1 Å². The molecule has 31 heavy (non-hydrogen) atoms. The zero-order valence-electron chi connectivity index (χ0n) is 15.9. The van der Waals surface area contributed by atoms with Gasteiger partial charge >= 0.3 is 0 Å². The van der Waals surface area contributed by atoms with Crippen LogP contribution in [0.15, 0.2) is 44.6 Å². The molecule has 0 N–H and O–H groups in total. The van der Waals surface area contributed by atoms with Crippen molar-refractivity contribution in [3.63, 3.8) is 0 Å². The zero-order chi connectivity index (χ0) is 22.4. The molecule has 2 aliphatic heterocycles. The number of piperazine rings is 1. The molecule has 0 amide bonds. The lowest BCUT2D eigenvalue weighted by atomic mass is 10.3. The van der Waals surface area contributed by atoms with Crippen molar-refractivity contribution in [3.8, 4) is 11.5 Å². The lowest BCUT2D eigenvalue weighted by Gasteiger charge is -2.36. The maximum Gasteiger partial charge on any atom is 0.208 e. The van der Waals surface area contributed by atoms with Crippen molar-refractivity contribution in [3.05, 3.63) is 44.8 Å². The normalized spacial score (nSPS) is 21.3. The highest BCUT2D eigenvalue weighted by atomic mass is 79.9. The van der Waals surface area contributed by atoms with Gasteiger partial charge in [-0.05, 0) is 40.2 Å². The molecular formula is C18H17BrCl2N2O6S2. The van der Waals surface area contributed by atoms with Gasteiger partial charge in [0.2, 0.25) is 4.90 Å². The molecule has 0 aromatic heterocycles. The molecule has 2 unspecified atom stereocenters. The molecule has 8 nitrogen and oxygen atoms in total. The molecule has 2 aliphatic rings. The first-order valence-electron chi connectivity index (χ1n) is 9.15. The van der Waals surface area contributed by atoms with Crippen LogP contribution in [0.2, 0.25) is 10.0 Å². The molecule has 4 rings (SSSR count). The van der Waals surface area contributed by atoms with E-state index in [9.17, 15) is 17.5 Å². The number of sulfonamides is 2. The van der Waals surface area contributed by atoms with E-state index in [2.05, 4.69) is 15.9 Å². The molecule has 1 saturated heterocycles. The Morgan fingerprint density at radius 3 is 2.06 bits per heavy atom. The van der Waals surface area contributed by atoms with Crippen molar-refractivity contribution in [2.24, 2.45) is 0 Å². The third-order valence-electron chi connectivity index (χ3n) is 4.91. The summed E-state index contributed by atoms with van der Waals surface area (Å²) >= 11 is 15.2. The monoisotopic (exact) mass is 570 g/mol. The number of hydrogen-bond donors (Lipinski definition) is 0. The predicted octanol–water partition coefficient (Wildman–Crippen LogP) is 3.65. The third-order valence-corrected chi connectivity index (χ3v) is 10.3. The van der Waals surface area contributed by atoms with Gasteiger partial charge in [0.15, 0.2) is 37.2 Å². The summed E-state index contributed by atoms with van der Waals surface area (Å²) in [5.41, 5.74) is 0. The Morgan fingerprint density at radius 2 is 1.45 bits per heavy atom. The fraction of sp³-hybridized carbons (Fsp3) is 0.333. The largest absolute Gasteiger partial charge is 0.593 e. The minimum Gasteiger partial charge on any atom is -0.593 e. The highest BCUT2D eigenvalue weighted by Crippen LogP contribution is 2.39. The maximum atomic E-state index is 13.1. The number of hydrogen-bond acceptors (Lipinski definition) is 6. The quantitative estimate of drug-likeness (QED) is 0.519. The van der Waals surface area contributed by atoms with E-state index in [4.69, 9.17) is 32.7 Å². The van der Waals surface area contributed by atoms with Crippen LogP contribution in [-0.4, -0.2) is 57.1 Å². The lowest BCUT2D eigenvalue weighted by Crippen LogP contribution is -2.53.